The van der Waals surface area contributed by atoms with Crippen molar-refractivity contribution in [2.24, 2.45) is 5.41 Å². The molecule has 3 unspecified atom stereocenters. The molecule has 0 spiro atoms. The van der Waals surface area contributed by atoms with Gasteiger partial charge in [0.25, 0.3) is 0 Å². The van der Waals surface area contributed by atoms with E-state index in [4.69, 9.17) is 0 Å². The van der Waals surface area contributed by atoms with Crippen LogP contribution in [0.5, 0.6) is 0 Å². The van der Waals surface area contributed by atoms with Gasteiger partial charge in [-0.1, -0.05) is 13.3 Å². The third-order valence-electron chi connectivity index (χ3n) is 4.05. The van der Waals surface area contributed by atoms with Crippen molar-refractivity contribution < 1.29 is 5.11 Å². The van der Waals surface area contributed by atoms with Gasteiger partial charge in [0, 0.05) is 24.1 Å². The third kappa shape index (κ3) is 3.09. The molecule has 0 radical (unpaired) electrons. The zero-order chi connectivity index (χ0) is 12.3. The molecule has 1 aromatic rings. The molecule has 96 valence electrons. The van der Waals surface area contributed by atoms with Gasteiger partial charge in [0.2, 0.25) is 0 Å². The van der Waals surface area contributed by atoms with Gasteiger partial charge in [-0.3, -0.25) is 0 Å². The van der Waals surface area contributed by atoms with E-state index in [9.17, 15) is 5.11 Å². The lowest BCUT2D eigenvalue weighted by molar-refractivity contribution is 0.114. The van der Waals surface area contributed by atoms with Crippen LogP contribution in [0.15, 0.2) is 16.8 Å². The van der Waals surface area contributed by atoms with E-state index in [1.165, 1.54) is 18.4 Å². The predicted molar refractivity (Wildman–Crippen MR) is 73.5 cm³/mol. The lowest BCUT2D eigenvalue weighted by Gasteiger charge is -2.32. The van der Waals surface area contributed by atoms with Crippen molar-refractivity contribution in [2.45, 2.75) is 51.6 Å². The van der Waals surface area contributed by atoms with Gasteiger partial charge >= 0.3 is 0 Å². The van der Waals surface area contributed by atoms with E-state index in [0.717, 1.165) is 12.8 Å². The average molecular weight is 253 g/mol. The van der Waals surface area contributed by atoms with E-state index in [0.29, 0.717) is 18.7 Å². The first-order valence-electron chi connectivity index (χ1n) is 6.52. The number of hydrogen-bond donors (Lipinski definition) is 2. The summed E-state index contributed by atoms with van der Waals surface area (Å²) in [6.07, 6.45) is 4.67. The van der Waals surface area contributed by atoms with Gasteiger partial charge < -0.3 is 10.4 Å². The van der Waals surface area contributed by atoms with E-state index < -0.39 is 0 Å². The molecule has 3 heteroatoms. The number of thiophene rings is 1. The average Bonchev–Trinajstić information content (AvgIpc) is 2.91. The number of nitrogens with one attached hydrogen (secondary N) is 1. The molecular weight excluding hydrogens is 230 g/mol. The van der Waals surface area contributed by atoms with Gasteiger partial charge in [-0.25, -0.2) is 0 Å². The van der Waals surface area contributed by atoms with Crippen molar-refractivity contribution in [1.29, 1.82) is 0 Å². The summed E-state index contributed by atoms with van der Waals surface area (Å²) >= 11 is 1.76. The maximum atomic E-state index is 9.53. The first-order chi connectivity index (χ1) is 8.14. The first kappa shape index (κ1) is 13.1. The van der Waals surface area contributed by atoms with Gasteiger partial charge in [-0.05, 0) is 48.6 Å². The highest BCUT2D eigenvalue weighted by Crippen LogP contribution is 2.37. The van der Waals surface area contributed by atoms with Crippen molar-refractivity contribution in [3.05, 3.63) is 22.4 Å². The smallest absolute Gasteiger partial charge is 0.0499 e. The molecule has 0 aromatic carbocycles. The molecule has 1 saturated carbocycles. The molecule has 2 rings (SSSR count). The summed E-state index contributed by atoms with van der Waals surface area (Å²) in [5, 5.41) is 17.6. The Bertz CT molecular complexity index is 338. The SMILES string of the molecule is CC(Cc1ccsc1)NC1CCCC1(C)CO. The molecule has 0 amide bonds. The summed E-state index contributed by atoms with van der Waals surface area (Å²) in [5.41, 5.74) is 1.50. The molecule has 2 nitrogen and oxygen atoms in total. The van der Waals surface area contributed by atoms with Gasteiger partial charge in [0.1, 0.15) is 0 Å². The van der Waals surface area contributed by atoms with Crippen molar-refractivity contribution in [3.8, 4) is 0 Å². The van der Waals surface area contributed by atoms with Gasteiger partial charge in [0.05, 0.1) is 0 Å². The zero-order valence-electron chi connectivity index (χ0n) is 10.8. The fraction of sp³-hybridized carbons (Fsp3) is 0.714. The van der Waals surface area contributed by atoms with Crippen molar-refractivity contribution in [1.82, 2.24) is 5.32 Å². The van der Waals surface area contributed by atoms with Gasteiger partial charge in [-0.2, -0.15) is 11.3 Å². The van der Waals surface area contributed by atoms with Crippen LogP contribution in [-0.4, -0.2) is 23.8 Å². The molecule has 0 bridgehead atoms. The van der Waals surface area contributed by atoms with Crippen LogP contribution in [0, 0.1) is 5.41 Å². The van der Waals surface area contributed by atoms with Crippen LogP contribution in [0.4, 0.5) is 0 Å². The fourth-order valence-electron chi connectivity index (χ4n) is 2.87. The normalized spacial score (nSPS) is 30.6. The second-order valence-electron chi connectivity index (χ2n) is 5.66. The molecular formula is C14H23NOS. The Hall–Kier alpha value is -0.380. The van der Waals surface area contributed by atoms with Crippen LogP contribution in [0.1, 0.15) is 38.7 Å². The van der Waals surface area contributed by atoms with Crippen molar-refractivity contribution >= 4 is 11.3 Å². The fourth-order valence-corrected chi connectivity index (χ4v) is 3.55. The first-order valence-corrected chi connectivity index (χ1v) is 7.46. The molecule has 2 N–H and O–H groups in total. The lowest BCUT2D eigenvalue weighted by Crippen LogP contribution is -2.46. The van der Waals surface area contributed by atoms with E-state index in [2.05, 4.69) is 36.0 Å². The summed E-state index contributed by atoms with van der Waals surface area (Å²) in [6.45, 7) is 4.75. The number of hydrogen-bond acceptors (Lipinski definition) is 3. The molecule has 0 aliphatic heterocycles. The summed E-state index contributed by atoms with van der Waals surface area (Å²) in [6, 6.07) is 3.16. The van der Waals surface area contributed by atoms with Crippen LogP contribution in [0.2, 0.25) is 0 Å². The van der Waals surface area contributed by atoms with E-state index >= 15 is 0 Å². The van der Waals surface area contributed by atoms with Crippen LogP contribution >= 0.6 is 11.3 Å². The van der Waals surface area contributed by atoms with E-state index in [-0.39, 0.29) is 5.41 Å². The Balaban J connectivity index is 1.88. The molecule has 17 heavy (non-hydrogen) atoms. The van der Waals surface area contributed by atoms with E-state index in [1.54, 1.807) is 11.3 Å². The van der Waals surface area contributed by atoms with Gasteiger partial charge in [0.15, 0.2) is 0 Å². The highest BCUT2D eigenvalue weighted by atomic mass is 32.1. The Morgan fingerprint density at radius 2 is 2.47 bits per heavy atom. The second kappa shape index (κ2) is 5.51. The highest BCUT2D eigenvalue weighted by Gasteiger charge is 2.38. The lowest BCUT2D eigenvalue weighted by atomic mass is 9.85. The molecule has 1 aliphatic rings. The molecule has 1 heterocycles. The molecule has 1 aromatic heterocycles. The molecule has 0 saturated heterocycles. The summed E-state index contributed by atoms with van der Waals surface area (Å²) < 4.78 is 0. The molecule has 3 atom stereocenters. The zero-order valence-corrected chi connectivity index (χ0v) is 11.6. The Morgan fingerprint density at radius 3 is 3.12 bits per heavy atom. The summed E-state index contributed by atoms with van der Waals surface area (Å²) in [4.78, 5) is 0. The maximum Gasteiger partial charge on any atom is 0.0499 e. The monoisotopic (exact) mass is 253 g/mol. The molecule has 1 aliphatic carbocycles. The van der Waals surface area contributed by atoms with Crippen LogP contribution < -0.4 is 5.32 Å². The summed E-state index contributed by atoms with van der Waals surface area (Å²) in [5.74, 6) is 0. The summed E-state index contributed by atoms with van der Waals surface area (Å²) in [7, 11) is 0. The minimum atomic E-state index is 0.0862. The Labute approximate surface area is 108 Å². The van der Waals surface area contributed by atoms with Crippen molar-refractivity contribution in [3.63, 3.8) is 0 Å². The highest BCUT2D eigenvalue weighted by molar-refractivity contribution is 7.07. The third-order valence-corrected chi connectivity index (χ3v) is 4.78. The topological polar surface area (TPSA) is 32.3 Å². The van der Waals surface area contributed by atoms with Gasteiger partial charge in [-0.15, -0.1) is 0 Å². The second-order valence-corrected chi connectivity index (χ2v) is 6.44. The minimum absolute atomic E-state index is 0.0862. The van der Waals surface area contributed by atoms with Crippen LogP contribution in [-0.2, 0) is 6.42 Å². The Kier molecular flexibility index (Phi) is 4.23. The van der Waals surface area contributed by atoms with Crippen LogP contribution in [0.25, 0.3) is 0 Å². The largest absolute Gasteiger partial charge is 0.396 e. The minimum Gasteiger partial charge on any atom is -0.396 e. The maximum absolute atomic E-state index is 9.53. The quantitative estimate of drug-likeness (QED) is 0.846. The van der Waals surface area contributed by atoms with E-state index in [1.807, 2.05) is 0 Å². The van der Waals surface area contributed by atoms with Crippen LogP contribution in [0.3, 0.4) is 0 Å². The predicted octanol–water partition coefficient (Wildman–Crippen LogP) is 2.82. The number of aliphatic hydroxyl groups excluding tert-OH is 1. The number of rotatable bonds is 5. The standard InChI is InChI=1S/C14H23NOS/c1-11(8-12-5-7-17-9-12)15-13-4-3-6-14(13,2)10-16/h5,7,9,11,13,15-16H,3-4,6,8,10H2,1-2H3. The van der Waals surface area contributed by atoms with Crippen molar-refractivity contribution in [2.75, 3.05) is 6.61 Å². The Morgan fingerprint density at radius 1 is 1.65 bits per heavy atom. The number of aliphatic hydroxyl groups is 1. The molecule has 1 fully saturated rings.